The lowest BCUT2D eigenvalue weighted by Crippen LogP contribution is -2.21. The van der Waals surface area contributed by atoms with Crippen molar-refractivity contribution >= 4 is 22.4 Å². The van der Waals surface area contributed by atoms with E-state index in [9.17, 15) is 0 Å². The lowest BCUT2D eigenvalue weighted by Gasteiger charge is -2.21. The average molecular weight is 363 g/mol. The number of rotatable bonds is 9. The summed E-state index contributed by atoms with van der Waals surface area (Å²) in [5.41, 5.74) is 4.31. The highest BCUT2D eigenvalue weighted by Gasteiger charge is 2.09. The molecule has 0 spiro atoms. The Labute approximate surface area is 162 Å². The topological polar surface area (TPSA) is 41.1 Å². The third kappa shape index (κ3) is 4.57. The number of fused-ring (bicyclic) bond motifs is 1. The van der Waals surface area contributed by atoms with Crippen molar-refractivity contribution in [3.8, 4) is 11.3 Å². The van der Waals surface area contributed by atoms with E-state index in [0.29, 0.717) is 0 Å². The number of hydrogen-bond donors (Lipinski definition) is 1. The summed E-state index contributed by atoms with van der Waals surface area (Å²) in [5, 5.41) is 4.60. The monoisotopic (exact) mass is 362 g/mol. The van der Waals surface area contributed by atoms with Crippen LogP contribution in [0.15, 0.2) is 48.7 Å². The van der Waals surface area contributed by atoms with Gasteiger partial charge in [0.05, 0.1) is 11.2 Å². The fourth-order valence-electron chi connectivity index (χ4n) is 3.37. The molecular formula is C23H30N4. The van der Waals surface area contributed by atoms with Crippen LogP contribution < -0.4 is 10.2 Å². The standard InChI is InChI=1S/C23H30N4/c1-4-7-8-15-25-23-20-10-9-16-24-22(20)17-21(26-23)18-11-13-19(14-12-18)27(5-2)6-3/h9-14,16-17H,4-8,15H2,1-3H3,(H,25,26). The molecule has 1 aromatic carbocycles. The molecule has 1 N–H and O–H groups in total. The molecule has 0 fully saturated rings. The van der Waals surface area contributed by atoms with E-state index in [1.165, 1.54) is 18.5 Å². The molecule has 0 saturated heterocycles. The Morgan fingerprint density at radius 2 is 1.74 bits per heavy atom. The highest BCUT2D eigenvalue weighted by molar-refractivity contribution is 5.92. The minimum atomic E-state index is 0.930. The Balaban J connectivity index is 1.92. The highest BCUT2D eigenvalue weighted by Crippen LogP contribution is 2.28. The third-order valence-electron chi connectivity index (χ3n) is 4.96. The molecule has 0 radical (unpaired) electrons. The SMILES string of the molecule is CCCCCNc1nc(-c2ccc(N(CC)CC)cc2)cc2ncccc12. The van der Waals surface area contributed by atoms with Crippen molar-refractivity contribution in [1.82, 2.24) is 9.97 Å². The zero-order valence-electron chi connectivity index (χ0n) is 16.7. The van der Waals surface area contributed by atoms with Gasteiger partial charge in [-0.2, -0.15) is 0 Å². The molecule has 0 aliphatic carbocycles. The molecule has 4 nitrogen and oxygen atoms in total. The van der Waals surface area contributed by atoms with Crippen LogP contribution in [0.3, 0.4) is 0 Å². The number of nitrogens with zero attached hydrogens (tertiary/aromatic N) is 3. The van der Waals surface area contributed by atoms with Crippen LogP contribution in [0.5, 0.6) is 0 Å². The predicted octanol–water partition coefficient (Wildman–Crippen LogP) is 5.75. The van der Waals surface area contributed by atoms with Crippen LogP contribution in [0, 0.1) is 0 Å². The van der Waals surface area contributed by atoms with E-state index in [4.69, 9.17) is 4.98 Å². The van der Waals surface area contributed by atoms with E-state index in [1.807, 2.05) is 12.3 Å². The predicted molar refractivity (Wildman–Crippen MR) is 117 cm³/mol. The molecule has 0 bridgehead atoms. The minimum Gasteiger partial charge on any atom is -0.372 e. The second-order valence-electron chi connectivity index (χ2n) is 6.78. The summed E-state index contributed by atoms with van der Waals surface area (Å²) >= 11 is 0. The Bertz CT molecular complexity index is 854. The van der Waals surface area contributed by atoms with Crippen molar-refractivity contribution < 1.29 is 0 Å². The van der Waals surface area contributed by atoms with Crippen LogP contribution in [-0.2, 0) is 0 Å². The molecule has 0 saturated carbocycles. The van der Waals surface area contributed by atoms with E-state index in [0.717, 1.165) is 54.0 Å². The third-order valence-corrected chi connectivity index (χ3v) is 4.96. The van der Waals surface area contributed by atoms with Crippen molar-refractivity contribution in [2.75, 3.05) is 29.9 Å². The van der Waals surface area contributed by atoms with Crippen LogP contribution >= 0.6 is 0 Å². The Morgan fingerprint density at radius 3 is 2.44 bits per heavy atom. The molecule has 142 valence electrons. The summed E-state index contributed by atoms with van der Waals surface area (Å²) in [6.45, 7) is 9.56. The van der Waals surface area contributed by atoms with Crippen LogP contribution in [-0.4, -0.2) is 29.6 Å². The van der Waals surface area contributed by atoms with Gasteiger partial charge in [-0.1, -0.05) is 31.9 Å². The number of unbranched alkanes of at least 4 members (excludes halogenated alkanes) is 2. The number of anilines is 2. The summed E-state index contributed by atoms with van der Waals surface area (Å²) in [6.07, 6.45) is 5.45. The average Bonchev–Trinajstić information content (AvgIpc) is 2.72. The summed E-state index contributed by atoms with van der Waals surface area (Å²) < 4.78 is 0. The molecule has 2 heterocycles. The van der Waals surface area contributed by atoms with Crippen molar-refractivity contribution in [2.24, 2.45) is 0 Å². The molecule has 0 amide bonds. The number of benzene rings is 1. The Hall–Kier alpha value is -2.62. The summed E-state index contributed by atoms with van der Waals surface area (Å²) in [6, 6.07) is 14.8. The maximum Gasteiger partial charge on any atom is 0.136 e. The minimum absolute atomic E-state index is 0.930. The van der Waals surface area contributed by atoms with E-state index in [-0.39, 0.29) is 0 Å². The molecule has 2 aromatic heterocycles. The van der Waals surface area contributed by atoms with Crippen molar-refractivity contribution in [1.29, 1.82) is 0 Å². The van der Waals surface area contributed by atoms with Gasteiger partial charge in [0, 0.05) is 42.5 Å². The van der Waals surface area contributed by atoms with Crippen molar-refractivity contribution in [3.05, 3.63) is 48.7 Å². The first-order valence-electron chi connectivity index (χ1n) is 10.1. The van der Waals surface area contributed by atoms with Gasteiger partial charge in [0.25, 0.3) is 0 Å². The second-order valence-corrected chi connectivity index (χ2v) is 6.78. The summed E-state index contributed by atoms with van der Waals surface area (Å²) in [5.74, 6) is 0.930. The van der Waals surface area contributed by atoms with E-state index >= 15 is 0 Å². The smallest absolute Gasteiger partial charge is 0.136 e. The number of aromatic nitrogens is 2. The van der Waals surface area contributed by atoms with E-state index in [2.05, 4.69) is 72.4 Å². The van der Waals surface area contributed by atoms with Crippen LogP contribution in [0.2, 0.25) is 0 Å². The molecule has 27 heavy (non-hydrogen) atoms. The normalized spacial score (nSPS) is 10.9. The molecule has 0 aliphatic rings. The molecular weight excluding hydrogens is 332 g/mol. The van der Waals surface area contributed by atoms with Crippen LogP contribution in [0.1, 0.15) is 40.0 Å². The number of hydrogen-bond acceptors (Lipinski definition) is 4. The molecule has 3 aromatic rings. The fourth-order valence-corrected chi connectivity index (χ4v) is 3.37. The maximum atomic E-state index is 4.92. The zero-order chi connectivity index (χ0) is 19.1. The quantitative estimate of drug-likeness (QED) is 0.492. The largest absolute Gasteiger partial charge is 0.372 e. The number of pyridine rings is 2. The highest BCUT2D eigenvalue weighted by atomic mass is 15.1. The first-order valence-corrected chi connectivity index (χ1v) is 10.1. The summed E-state index contributed by atoms with van der Waals surface area (Å²) in [4.78, 5) is 11.8. The van der Waals surface area contributed by atoms with Gasteiger partial charge in [-0.25, -0.2) is 4.98 Å². The maximum absolute atomic E-state index is 4.92. The van der Waals surface area contributed by atoms with Gasteiger partial charge < -0.3 is 10.2 Å². The zero-order valence-corrected chi connectivity index (χ0v) is 16.7. The first kappa shape index (κ1) is 19.2. The molecule has 3 rings (SSSR count). The van der Waals surface area contributed by atoms with Gasteiger partial charge in [-0.05, 0) is 50.6 Å². The van der Waals surface area contributed by atoms with Crippen LogP contribution in [0.4, 0.5) is 11.5 Å². The Kier molecular flexibility index (Phi) is 6.64. The summed E-state index contributed by atoms with van der Waals surface area (Å²) in [7, 11) is 0. The van der Waals surface area contributed by atoms with Gasteiger partial charge in [-0.15, -0.1) is 0 Å². The van der Waals surface area contributed by atoms with Crippen molar-refractivity contribution in [3.63, 3.8) is 0 Å². The van der Waals surface area contributed by atoms with Gasteiger partial charge >= 0.3 is 0 Å². The fraction of sp³-hybridized carbons (Fsp3) is 0.391. The lowest BCUT2D eigenvalue weighted by molar-refractivity contribution is 0.743. The molecule has 4 heteroatoms. The van der Waals surface area contributed by atoms with Gasteiger partial charge in [-0.3, -0.25) is 4.98 Å². The molecule has 0 unspecified atom stereocenters. The first-order chi connectivity index (χ1) is 13.3. The van der Waals surface area contributed by atoms with Crippen molar-refractivity contribution in [2.45, 2.75) is 40.0 Å². The Morgan fingerprint density at radius 1 is 0.963 bits per heavy atom. The van der Waals surface area contributed by atoms with Crippen LogP contribution in [0.25, 0.3) is 22.2 Å². The van der Waals surface area contributed by atoms with E-state index in [1.54, 1.807) is 0 Å². The van der Waals surface area contributed by atoms with Gasteiger partial charge in [0.15, 0.2) is 0 Å². The molecule has 0 aliphatic heterocycles. The van der Waals surface area contributed by atoms with Gasteiger partial charge in [0.2, 0.25) is 0 Å². The molecule has 0 atom stereocenters. The second kappa shape index (κ2) is 9.36. The van der Waals surface area contributed by atoms with Gasteiger partial charge in [0.1, 0.15) is 5.82 Å². The lowest BCUT2D eigenvalue weighted by atomic mass is 10.1. The van der Waals surface area contributed by atoms with E-state index < -0.39 is 0 Å². The number of nitrogens with one attached hydrogen (secondary N) is 1.